The SMILES string of the molecule is CCCC(=O)Nc1ccc2c(c1)C(=O)N(C)C[C@H](OC)[C@@H](C)CN(C(=O)c1cnccn1)[C@@H](C)CO2. The number of nitrogens with one attached hydrogen (secondary N) is 1. The molecule has 2 heterocycles. The van der Waals surface area contributed by atoms with Crippen LogP contribution in [0.1, 0.15) is 54.5 Å². The summed E-state index contributed by atoms with van der Waals surface area (Å²) in [5.74, 6) is -0.330. The third-order valence-corrected chi connectivity index (χ3v) is 6.25. The van der Waals surface area contributed by atoms with Gasteiger partial charge in [0.15, 0.2) is 0 Å². The van der Waals surface area contributed by atoms with Crippen LogP contribution in [0, 0.1) is 5.92 Å². The first-order valence-corrected chi connectivity index (χ1v) is 12.2. The molecule has 0 saturated carbocycles. The zero-order valence-corrected chi connectivity index (χ0v) is 21.6. The molecule has 0 bridgehead atoms. The van der Waals surface area contributed by atoms with Gasteiger partial charge in [0.1, 0.15) is 18.1 Å². The van der Waals surface area contributed by atoms with Crippen molar-refractivity contribution in [2.24, 2.45) is 5.92 Å². The van der Waals surface area contributed by atoms with Crippen LogP contribution in [0.5, 0.6) is 5.75 Å². The van der Waals surface area contributed by atoms with E-state index in [4.69, 9.17) is 9.47 Å². The normalized spacial score (nSPS) is 21.0. The van der Waals surface area contributed by atoms with Crippen molar-refractivity contribution in [3.63, 3.8) is 0 Å². The summed E-state index contributed by atoms with van der Waals surface area (Å²) in [5, 5.41) is 2.83. The molecule has 0 fully saturated rings. The topological polar surface area (TPSA) is 114 Å². The molecule has 3 rings (SSSR count). The summed E-state index contributed by atoms with van der Waals surface area (Å²) in [6.45, 7) is 6.65. The summed E-state index contributed by atoms with van der Waals surface area (Å²) >= 11 is 0. The molecule has 2 aromatic rings. The van der Waals surface area contributed by atoms with E-state index >= 15 is 0 Å². The van der Waals surface area contributed by atoms with Crippen LogP contribution in [0.15, 0.2) is 36.8 Å². The van der Waals surface area contributed by atoms with Crippen molar-refractivity contribution in [2.45, 2.75) is 45.8 Å². The average molecular weight is 498 g/mol. The summed E-state index contributed by atoms with van der Waals surface area (Å²) < 4.78 is 11.8. The van der Waals surface area contributed by atoms with E-state index in [1.54, 1.807) is 42.2 Å². The Morgan fingerprint density at radius 3 is 2.67 bits per heavy atom. The number of fused-ring (bicyclic) bond motifs is 1. The predicted molar refractivity (Wildman–Crippen MR) is 135 cm³/mol. The number of hydrogen-bond donors (Lipinski definition) is 1. The Morgan fingerprint density at radius 1 is 1.22 bits per heavy atom. The van der Waals surface area contributed by atoms with Gasteiger partial charge in [-0.2, -0.15) is 0 Å². The highest BCUT2D eigenvalue weighted by Crippen LogP contribution is 2.27. The molecule has 1 aliphatic heterocycles. The molecule has 36 heavy (non-hydrogen) atoms. The lowest BCUT2D eigenvalue weighted by atomic mass is 10.0. The number of anilines is 1. The summed E-state index contributed by atoms with van der Waals surface area (Å²) in [6.07, 6.45) is 5.24. The number of likely N-dealkylation sites (N-methyl/N-ethyl adjacent to an activating group) is 1. The third kappa shape index (κ3) is 6.57. The number of ether oxygens (including phenoxy) is 2. The molecule has 1 aromatic heterocycles. The van der Waals surface area contributed by atoms with Crippen LogP contribution in [0.3, 0.4) is 0 Å². The van der Waals surface area contributed by atoms with Crippen LogP contribution in [-0.4, -0.2) is 83.5 Å². The van der Waals surface area contributed by atoms with Crippen LogP contribution >= 0.6 is 0 Å². The van der Waals surface area contributed by atoms with Crippen LogP contribution in [0.4, 0.5) is 5.69 Å². The van der Waals surface area contributed by atoms with Crippen molar-refractivity contribution >= 4 is 23.4 Å². The molecule has 0 saturated heterocycles. The Labute approximate surface area is 212 Å². The minimum Gasteiger partial charge on any atom is -0.491 e. The zero-order valence-electron chi connectivity index (χ0n) is 21.6. The number of nitrogens with zero attached hydrogens (tertiary/aromatic N) is 4. The summed E-state index contributed by atoms with van der Waals surface area (Å²) in [7, 11) is 3.30. The van der Waals surface area contributed by atoms with Gasteiger partial charge in [-0.25, -0.2) is 4.98 Å². The van der Waals surface area contributed by atoms with E-state index in [1.807, 2.05) is 20.8 Å². The molecule has 3 atom stereocenters. The third-order valence-electron chi connectivity index (χ3n) is 6.25. The Balaban J connectivity index is 1.96. The molecule has 0 unspecified atom stereocenters. The number of benzene rings is 1. The van der Waals surface area contributed by atoms with E-state index in [9.17, 15) is 14.4 Å². The average Bonchev–Trinajstić information content (AvgIpc) is 2.88. The Morgan fingerprint density at radius 2 is 2.00 bits per heavy atom. The first kappa shape index (κ1) is 27.1. The zero-order chi connectivity index (χ0) is 26.2. The van der Waals surface area contributed by atoms with Gasteiger partial charge in [-0.3, -0.25) is 19.4 Å². The molecule has 10 nitrogen and oxygen atoms in total. The maximum atomic E-state index is 13.4. The van der Waals surface area contributed by atoms with E-state index in [0.29, 0.717) is 36.5 Å². The fraction of sp³-hybridized carbons (Fsp3) is 0.500. The number of rotatable bonds is 5. The van der Waals surface area contributed by atoms with Crippen molar-refractivity contribution < 1.29 is 23.9 Å². The van der Waals surface area contributed by atoms with Gasteiger partial charge in [-0.05, 0) is 31.5 Å². The van der Waals surface area contributed by atoms with Gasteiger partial charge in [0.25, 0.3) is 11.8 Å². The van der Waals surface area contributed by atoms with Gasteiger partial charge in [0.2, 0.25) is 5.91 Å². The van der Waals surface area contributed by atoms with Gasteiger partial charge in [0.05, 0.1) is 23.9 Å². The number of methoxy groups -OCH3 is 1. The summed E-state index contributed by atoms with van der Waals surface area (Å²) in [6, 6.07) is 4.68. The van der Waals surface area contributed by atoms with Gasteiger partial charge in [-0.15, -0.1) is 0 Å². The van der Waals surface area contributed by atoms with Crippen molar-refractivity contribution in [1.82, 2.24) is 19.8 Å². The molecular formula is C26H35N5O5. The number of carbonyl (C=O) groups excluding carboxylic acids is 3. The fourth-order valence-corrected chi connectivity index (χ4v) is 4.14. The highest BCUT2D eigenvalue weighted by molar-refractivity contribution is 5.99. The Bertz CT molecular complexity index is 1060. The van der Waals surface area contributed by atoms with E-state index in [-0.39, 0.29) is 48.1 Å². The highest BCUT2D eigenvalue weighted by Gasteiger charge is 2.31. The lowest BCUT2D eigenvalue weighted by molar-refractivity contribution is -0.116. The van der Waals surface area contributed by atoms with E-state index < -0.39 is 0 Å². The van der Waals surface area contributed by atoms with Crippen LogP contribution in [-0.2, 0) is 9.53 Å². The number of amides is 3. The van der Waals surface area contributed by atoms with Crippen molar-refractivity contribution in [1.29, 1.82) is 0 Å². The molecule has 0 spiro atoms. The first-order valence-electron chi connectivity index (χ1n) is 12.2. The second-order valence-corrected chi connectivity index (χ2v) is 9.15. The largest absolute Gasteiger partial charge is 0.491 e. The fourth-order valence-electron chi connectivity index (χ4n) is 4.14. The molecule has 1 N–H and O–H groups in total. The van der Waals surface area contributed by atoms with E-state index in [1.165, 1.54) is 18.6 Å². The van der Waals surface area contributed by atoms with Crippen LogP contribution in [0.2, 0.25) is 0 Å². The summed E-state index contributed by atoms with van der Waals surface area (Å²) in [4.78, 5) is 50.4. The molecule has 1 aromatic carbocycles. The molecular weight excluding hydrogens is 462 g/mol. The molecule has 194 valence electrons. The quantitative estimate of drug-likeness (QED) is 0.676. The number of carbonyl (C=O) groups is 3. The first-order chi connectivity index (χ1) is 17.2. The Kier molecular flexibility index (Phi) is 9.35. The molecule has 0 radical (unpaired) electrons. The van der Waals surface area contributed by atoms with Crippen LogP contribution < -0.4 is 10.1 Å². The van der Waals surface area contributed by atoms with Gasteiger partial charge in [-0.1, -0.05) is 13.8 Å². The minimum absolute atomic E-state index is 0.0908. The minimum atomic E-state index is -0.330. The maximum absolute atomic E-state index is 13.4. The van der Waals surface area contributed by atoms with Crippen molar-refractivity contribution in [2.75, 3.05) is 39.2 Å². The van der Waals surface area contributed by atoms with Crippen molar-refractivity contribution in [3.05, 3.63) is 48.0 Å². The molecule has 10 heteroatoms. The predicted octanol–water partition coefficient (Wildman–Crippen LogP) is 2.86. The standard InChI is InChI=1S/C26H35N5O5/c1-6-7-24(32)29-19-8-9-22-20(12-19)25(33)30(4)15-23(35-5)17(2)14-31(18(3)16-36-22)26(34)21-13-27-10-11-28-21/h8-13,17-18,23H,6-7,14-16H2,1-5H3,(H,29,32)/t17-,18-,23-/m0/s1. The lowest BCUT2D eigenvalue weighted by Crippen LogP contribution is -2.48. The van der Waals surface area contributed by atoms with Crippen LogP contribution in [0.25, 0.3) is 0 Å². The second-order valence-electron chi connectivity index (χ2n) is 9.15. The molecule has 3 amide bonds. The molecule has 1 aliphatic rings. The monoisotopic (exact) mass is 497 g/mol. The number of hydrogen-bond acceptors (Lipinski definition) is 7. The van der Waals surface area contributed by atoms with Gasteiger partial charge >= 0.3 is 0 Å². The number of aromatic nitrogens is 2. The summed E-state index contributed by atoms with van der Waals surface area (Å²) in [5.41, 5.74) is 1.10. The maximum Gasteiger partial charge on any atom is 0.274 e. The lowest BCUT2D eigenvalue weighted by Gasteiger charge is -2.35. The molecule has 0 aliphatic carbocycles. The highest BCUT2D eigenvalue weighted by atomic mass is 16.5. The van der Waals surface area contributed by atoms with Gasteiger partial charge < -0.3 is 24.6 Å². The smallest absolute Gasteiger partial charge is 0.274 e. The Hall–Kier alpha value is -3.53. The van der Waals surface area contributed by atoms with Crippen molar-refractivity contribution in [3.8, 4) is 5.75 Å². The van der Waals surface area contributed by atoms with E-state index in [0.717, 1.165) is 6.42 Å². The second kappa shape index (κ2) is 12.4. The van der Waals surface area contributed by atoms with E-state index in [2.05, 4.69) is 15.3 Å². The van der Waals surface area contributed by atoms with Gasteiger partial charge in [0, 0.05) is 57.7 Å².